The molecule has 1 aliphatic heterocycles. The van der Waals surface area contributed by atoms with Gasteiger partial charge in [0.25, 0.3) is 0 Å². The zero-order valence-corrected chi connectivity index (χ0v) is 16.4. The van der Waals surface area contributed by atoms with E-state index in [9.17, 15) is 4.79 Å². The van der Waals surface area contributed by atoms with Crippen molar-refractivity contribution < 1.29 is 9.53 Å². The van der Waals surface area contributed by atoms with E-state index in [4.69, 9.17) is 9.72 Å². The largest absolute Gasteiger partial charge is 0.444 e. The number of hydrogen-bond donors (Lipinski definition) is 0. The number of aromatic nitrogens is 2. The number of amides is 1. The molecule has 1 amide bonds. The highest BCUT2D eigenvalue weighted by Crippen LogP contribution is 2.29. The molecule has 1 aromatic heterocycles. The molecule has 1 fully saturated rings. The van der Waals surface area contributed by atoms with Crippen LogP contribution in [-0.2, 0) is 4.74 Å². The summed E-state index contributed by atoms with van der Waals surface area (Å²) < 4.78 is 5.46. The van der Waals surface area contributed by atoms with Crippen LogP contribution in [0.2, 0.25) is 0 Å². The molecule has 0 spiro atoms. The van der Waals surface area contributed by atoms with Gasteiger partial charge in [-0.25, -0.2) is 9.78 Å². The molecule has 2 aliphatic rings. The lowest BCUT2D eigenvalue weighted by Crippen LogP contribution is -2.50. The summed E-state index contributed by atoms with van der Waals surface area (Å²) in [6.07, 6.45) is 9.16. The van der Waals surface area contributed by atoms with Gasteiger partial charge >= 0.3 is 6.09 Å². The van der Waals surface area contributed by atoms with Gasteiger partial charge < -0.3 is 14.5 Å². The molecule has 0 bridgehead atoms. The van der Waals surface area contributed by atoms with Crippen molar-refractivity contribution in [2.24, 2.45) is 5.92 Å². The number of rotatable bonds is 2. The molecule has 1 unspecified atom stereocenters. The van der Waals surface area contributed by atoms with Gasteiger partial charge in [-0.2, -0.15) is 0 Å². The predicted octanol–water partition coefficient (Wildman–Crippen LogP) is 3.74. The summed E-state index contributed by atoms with van der Waals surface area (Å²) in [5.41, 5.74) is 1.84. The van der Waals surface area contributed by atoms with Crippen LogP contribution in [0.1, 0.15) is 52.7 Å². The van der Waals surface area contributed by atoms with Crippen molar-refractivity contribution in [1.29, 1.82) is 0 Å². The van der Waals surface area contributed by atoms with Crippen LogP contribution < -0.4 is 4.90 Å². The van der Waals surface area contributed by atoms with Gasteiger partial charge in [0, 0.05) is 26.2 Å². The number of piperazine rings is 1. The van der Waals surface area contributed by atoms with Gasteiger partial charge in [-0.3, -0.25) is 4.98 Å². The first kappa shape index (κ1) is 18.7. The van der Waals surface area contributed by atoms with Crippen LogP contribution in [0.15, 0.2) is 18.5 Å². The lowest BCUT2D eigenvalue weighted by Gasteiger charge is -2.36. The SMILES string of the molecule is CC1CC=C(c2cncc(N3CCN(C(=O)OC(C)(C)C)CC3)n2)CC1. The van der Waals surface area contributed by atoms with Crippen molar-refractivity contribution in [3.63, 3.8) is 0 Å². The van der Waals surface area contributed by atoms with Crippen LogP contribution in [0.4, 0.5) is 10.6 Å². The Morgan fingerprint density at radius 1 is 1.19 bits per heavy atom. The molecule has 1 saturated heterocycles. The lowest BCUT2D eigenvalue weighted by molar-refractivity contribution is 0.0240. The lowest BCUT2D eigenvalue weighted by atomic mass is 9.90. The molecule has 0 radical (unpaired) electrons. The minimum Gasteiger partial charge on any atom is -0.444 e. The Labute approximate surface area is 156 Å². The monoisotopic (exact) mass is 358 g/mol. The molecule has 2 heterocycles. The number of allylic oxidation sites excluding steroid dienone is 2. The van der Waals surface area contributed by atoms with Crippen molar-refractivity contribution in [3.05, 3.63) is 24.2 Å². The highest BCUT2D eigenvalue weighted by atomic mass is 16.6. The third-order valence-corrected chi connectivity index (χ3v) is 4.88. The van der Waals surface area contributed by atoms with Gasteiger partial charge in [0.1, 0.15) is 11.4 Å². The summed E-state index contributed by atoms with van der Waals surface area (Å²) >= 11 is 0. The smallest absolute Gasteiger partial charge is 0.410 e. The Bertz CT molecular complexity index is 673. The van der Waals surface area contributed by atoms with Crippen molar-refractivity contribution in [3.8, 4) is 0 Å². The average Bonchev–Trinajstić information content (AvgIpc) is 2.61. The standard InChI is InChI=1S/C20H30N4O2/c1-15-5-7-16(8-6-15)17-13-21-14-18(22-17)23-9-11-24(12-10-23)19(25)26-20(2,3)4/h7,13-15H,5-6,8-12H2,1-4H3. The molecule has 0 N–H and O–H groups in total. The highest BCUT2D eigenvalue weighted by Gasteiger charge is 2.26. The van der Waals surface area contributed by atoms with Gasteiger partial charge in [0.2, 0.25) is 0 Å². The maximum absolute atomic E-state index is 12.2. The Kier molecular flexibility index (Phi) is 5.49. The maximum atomic E-state index is 12.2. The van der Waals surface area contributed by atoms with Gasteiger partial charge in [-0.05, 0) is 51.5 Å². The van der Waals surface area contributed by atoms with Crippen molar-refractivity contribution in [1.82, 2.24) is 14.9 Å². The topological polar surface area (TPSA) is 58.6 Å². The second-order valence-corrected chi connectivity index (χ2v) is 8.33. The van der Waals surface area contributed by atoms with Crippen molar-refractivity contribution in [2.45, 2.75) is 52.6 Å². The van der Waals surface area contributed by atoms with Crippen LogP contribution >= 0.6 is 0 Å². The number of carbonyl (C=O) groups excluding carboxylic acids is 1. The van der Waals surface area contributed by atoms with Gasteiger partial charge in [0.05, 0.1) is 18.1 Å². The third-order valence-electron chi connectivity index (χ3n) is 4.88. The molecule has 0 aromatic carbocycles. The number of nitrogens with zero attached hydrogens (tertiary/aromatic N) is 4. The first-order valence-electron chi connectivity index (χ1n) is 9.56. The van der Waals surface area contributed by atoms with Crippen LogP contribution in [0.3, 0.4) is 0 Å². The molecule has 3 rings (SSSR count). The van der Waals surface area contributed by atoms with E-state index in [0.717, 1.165) is 43.4 Å². The van der Waals surface area contributed by atoms with E-state index in [1.165, 1.54) is 12.0 Å². The fraction of sp³-hybridized carbons (Fsp3) is 0.650. The normalized spacial score (nSPS) is 21.4. The molecule has 0 saturated carbocycles. The molecule has 1 atom stereocenters. The molecule has 1 aliphatic carbocycles. The van der Waals surface area contributed by atoms with E-state index >= 15 is 0 Å². The van der Waals surface area contributed by atoms with E-state index in [-0.39, 0.29) is 6.09 Å². The van der Waals surface area contributed by atoms with Gasteiger partial charge in [-0.15, -0.1) is 0 Å². The summed E-state index contributed by atoms with van der Waals surface area (Å²) in [4.78, 5) is 25.4. The Morgan fingerprint density at radius 2 is 1.92 bits per heavy atom. The number of ether oxygens (including phenoxy) is 1. The zero-order valence-electron chi connectivity index (χ0n) is 16.4. The van der Waals surface area contributed by atoms with Gasteiger partial charge in [-0.1, -0.05) is 13.0 Å². The second-order valence-electron chi connectivity index (χ2n) is 8.33. The summed E-state index contributed by atoms with van der Waals surface area (Å²) in [6, 6.07) is 0. The van der Waals surface area contributed by atoms with Gasteiger partial charge in [0.15, 0.2) is 0 Å². The first-order chi connectivity index (χ1) is 12.3. The molecular weight excluding hydrogens is 328 g/mol. The van der Waals surface area contributed by atoms with E-state index < -0.39 is 5.60 Å². The molecular formula is C20H30N4O2. The highest BCUT2D eigenvalue weighted by molar-refractivity contribution is 5.68. The number of hydrogen-bond acceptors (Lipinski definition) is 5. The quantitative estimate of drug-likeness (QED) is 0.806. The number of carbonyl (C=O) groups is 1. The summed E-state index contributed by atoms with van der Waals surface area (Å²) in [5, 5.41) is 0. The first-order valence-corrected chi connectivity index (χ1v) is 9.56. The van der Waals surface area contributed by atoms with E-state index in [1.54, 1.807) is 4.90 Å². The van der Waals surface area contributed by atoms with E-state index in [1.807, 2.05) is 33.2 Å². The van der Waals surface area contributed by atoms with E-state index in [0.29, 0.717) is 13.1 Å². The van der Waals surface area contributed by atoms with Crippen LogP contribution in [-0.4, -0.2) is 52.7 Å². The van der Waals surface area contributed by atoms with Crippen LogP contribution in [0, 0.1) is 5.92 Å². The minimum atomic E-state index is -0.459. The Morgan fingerprint density at radius 3 is 2.54 bits per heavy atom. The van der Waals surface area contributed by atoms with Crippen LogP contribution in [0.25, 0.3) is 5.57 Å². The second kappa shape index (κ2) is 7.64. The fourth-order valence-electron chi connectivity index (χ4n) is 3.31. The molecule has 1 aromatic rings. The predicted molar refractivity (Wildman–Crippen MR) is 103 cm³/mol. The van der Waals surface area contributed by atoms with E-state index in [2.05, 4.69) is 22.9 Å². The molecule has 142 valence electrons. The van der Waals surface area contributed by atoms with Crippen molar-refractivity contribution in [2.75, 3.05) is 31.1 Å². The van der Waals surface area contributed by atoms with Crippen molar-refractivity contribution >= 4 is 17.5 Å². The molecule has 6 heteroatoms. The maximum Gasteiger partial charge on any atom is 0.410 e. The number of anilines is 1. The third kappa shape index (κ3) is 4.74. The average molecular weight is 358 g/mol. The summed E-state index contributed by atoms with van der Waals surface area (Å²) in [5.74, 6) is 1.65. The zero-order chi connectivity index (χ0) is 18.7. The Balaban J connectivity index is 1.61. The summed E-state index contributed by atoms with van der Waals surface area (Å²) in [7, 11) is 0. The summed E-state index contributed by atoms with van der Waals surface area (Å²) in [6.45, 7) is 10.7. The van der Waals surface area contributed by atoms with Crippen LogP contribution in [0.5, 0.6) is 0 Å². The minimum absolute atomic E-state index is 0.238. The Hall–Kier alpha value is -2.11. The molecule has 6 nitrogen and oxygen atoms in total. The fourth-order valence-corrected chi connectivity index (χ4v) is 3.31. The molecule has 26 heavy (non-hydrogen) atoms.